The van der Waals surface area contributed by atoms with Gasteiger partial charge in [-0.15, -0.1) is 0 Å². The molecule has 3 nitrogen and oxygen atoms in total. The number of thiophene rings is 1. The highest BCUT2D eigenvalue weighted by molar-refractivity contribution is 7.91. The van der Waals surface area contributed by atoms with Crippen molar-refractivity contribution in [2.45, 2.75) is 38.6 Å². The Kier molecular flexibility index (Phi) is 5.42. The second-order valence-electron chi connectivity index (χ2n) is 5.43. The van der Waals surface area contributed by atoms with Crippen LogP contribution in [0.3, 0.4) is 0 Å². The van der Waals surface area contributed by atoms with E-state index in [0.29, 0.717) is 23.5 Å². The van der Waals surface area contributed by atoms with E-state index in [4.69, 9.17) is 0 Å². The third-order valence-electron chi connectivity index (χ3n) is 3.80. The highest BCUT2D eigenvalue weighted by atomic mass is 32.2. The van der Waals surface area contributed by atoms with Crippen LogP contribution in [0.5, 0.6) is 0 Å². The number of hydrogen-bond acceptors (Lipinski definition) is 4. The highest BCUT2D eigenvalue weighted by Gasteiger charge is 2.29. The van der Waals surface area contributed by atoms with Gasteiger partial charge in [-0.25, -0.2) is 8.42 Å². The largest absolute Gasteiger partial charge is 0.314 e. The average Bonchev–Trinajstić information content (AvgIpc) is 2.96. The minimum absolute atomic E-state index is 0.358. The summed E-state index contributed by atoms with van der Waals surface area (Å²) in [7, 11) is -2.74. The summed E-state index contributed by atoms with van der Waals surface area (Å²) in [5.41, 5.74) is 1.40. The van der Waals surface area contributed by atoms with Crippen molar-refractivity contribution in [1.29, 1.82) is 0 Å². The van der Waals surface area contributed by atoms with Crippen molar-refractivity contribution >= 4 is 21.2 Å². The summed E-state index contributed by atoms with van der Waals surface area (Å²) in [5.74, 6) is 1.14. The number of hydrogen-bond donors (Lipinski definition) is 1. The van der Waals surface area contributed by atoms with E-state index in [2.05, 4.69) is 29.1 Å². The molecule has 0 spiro atoms. The van der Waals surface area contributed by atoms with Gasteiger partial charge >= 0.3 is 0 Å². The normalized spacial score (nSPS) is 23.5. The van der Waals surface area contributed by atoms with Crippen LogP contribution in [0.1, 0.15) is 31.7 Å². The Labute approximate surface area is 120 Å². The molecule has 2 heterocycles. The molecule has 1 aliphatic rings. The van der Waals surface area contributed by atoms with Crippen LogP contribution in [0.25, 0.3) is 0 Å². The fourth-order valence-electron chi connectivity index (χ4n) is 2.83. The quantitative estimate of drug-likeness (QED) is 0.841. The Morgan fingerprint density at radius 3 is 2.95 bits per heavy atom. The predicted molar refractivity (Wildman–Crippen MR) is 81.5 cm³/mol. The van der Waals surface area contributed by atoms with Gasteiger partial charge < -0.3 is 5.32 Å². The van der Waals surface area contributed by atoms with Crippen LogP contribution in [0.4, 0.5) is 0 Å². The first-order valence-corrected chi connectivity index (χ1v) is 9.80. The van der Waals surface area contributed by atoms with Crippen molar-refractivity contribution in [2.24, 2.45) is 5.92 Å². The van der Waals surface area contributed by atoms with Gasteiger partial charge in [0, 0.05) is 6.04 Å². The average molecular weight is 301 g/mol. The predicted octanol–water partition coefficient (Wildman–Crippen LogP) is 2.48. The van der Waals surface area contributed by atoms with Crippen molar-refractivity contribution in [2.75, 3.05) is 18.1 Å². The zero-order valence-corrected chi connectivity index (χ0v) is 13.1. The van der Waals surface area contributed by atoms with Crippen molar-refractivity contribution in [3.63, 3.8) is 0 Å². The lowest BCUT2D eigenvalue weighted by atomic mass is 9.95. The molecule has 0 bridgehead atoms. The zero-order chi connectivity index (χ0) is 13.7. The van der Waals surface area contributed by atoms with Crippen LogP contribution < -0.4 is 5.32 Å². The third-order valence-corrected chi connectivity index (χ3v) is 6.37. The van der Waals surface area contributed by atoms with E-state index < -0.39 is 9.84 Å². The zero-order valence-electron chi connectivity index (χ0n) is 11.5. The van der Waals surface area contributed by atoms with E-state index >= 15 is 0 Å². The van der Waals surface area contributed by atoms with Crippen LogP contribution >= 0.6 is 11.3 Å². The Hall–Kier alpha value is -0.390. The summed E-state index contributed by atoms with van der Waals surface area (Å²) < 4.78 is 23.0. The first-order chi connectivity index (χ1) is 9.09. The summed E-state index contributed by atoms with van der Waals surface area (Å²) in [5, 5.41) is 7.82. The van der Waals surface area contributed by atoms with E-state index in [-0.39, 0.29) is 0 Å². The van der Waals surface area contributed by atoms with Crippen LogP contribution in [0, 0.1) is 5.92 Å². The minimum atomic E-state index is -2.74. The molecule has 1 aromatic rings. The van der Waals surface area contributed by atoms with Gasteiger partial charge in [-0.1, -0.05) is 6.92 Å². The van der Waals surface area contributed by atoms with Gasteiger partial charge in [0.15, 0.2) is 9.84 Å². The first-order valence-electron chi connectivity index (χ1n) is 7.04. The second-order valence-corrected chi connectivity index (χ2v) is 8.44. The van der Waals surface area contributed by atoms with E-state index in [0.717, 1.165) is 32.2 Å². The maximum atomic E-state index is 11.5. The smallest absolute Gasteiger partial charge is 0.150 e. The summed E-state index contributed by atoms with van der Waals surface area (Å²) in [6.07, 6.45) is 4.03. The molecule has 2 unspecified atom stereocenters. The van der Waals surface area contributed by atoms with Gasteiger partial charge in [-0.2, -0.15) is 11.3 Å². The topological polar surface area (TPSA) is 46.2 Å². The summed E-state index contributed by atoms with van der Waals surface area (Å²) in [6, 6.07) is 2.62. The first kappa shape index (κ1) is 15.0. The van der Waals surface area contributed by atoms with Gasteiger partial charge in [0.05, 0.1) is 11.5 Å². The van der Waals surface area contributed by atoms with E-state index in [1.54, 1.807) is 11.3 Å². The molecule has 19 heavy (non-hydrogen) atoms. The van der Waals surface area contributed by atoms with Gasteiger partial charge in [-0.05, 0) is 60.5 Å². The van der Waals surface area contributed by atoms with Crippen LogP contribution in [0.2, 0.25) is 0 Å². The number of aryl methyl sites for hydroxylation is 1. The van der Waals surface area contributed by atoms with Crippen molar-refractivity contribution < 1.29 is 8.42 Å². The fraction of sp³-hybridized carbons (Fsp3) is 0.714. The molecule has 2 atom stereocenters. The lowest BCUT2D eigenvalue weighted by Crippen LogP contribution is -2.31. The van der Waals surface area contributed by atoms with Gasteiger partial charge in [0.25, 0.3) is 0 Å². The maximum Gasteiger partial charge on any atom is 0.150 e. The standard InChI is InChI=1S/C14H23NO2S2/c1-2-15-14(4-3-12-5-7-18-10-12)9-13-6-8-19(16,17)11-13/h5,7,10,13-15H,2-4,6,8-9,11H2,1H3. The molecule has 0 radical (unpaired) electrons. The van der Waals surface area contributed by atoms with E-state index in [1.165, 1.54) is 5.56 Å². The molecule has 0 aliphatic carbocycles. The molecular weight excluding hydrogens is 278 g/mol. The van der Waals surface area contributed by atoms with Crippen molar-refractivity contribution in [1.82, 2.24) is 5.32 Å². The van der Waals surface area contributed by atoms with Gasteiger partial charge in [0.1, 0.15) is 0 Å². The Morgan fingerprint density at radius 1 is 1.53 bits per heavy atom. The molecule has 108 valence electrons. The van der Waals surface area contributed by atoms with Gasteiger partial charge in [-0.3, -0.25) is 0 Å². The van der Waals surface area contributed by atoms with Crippen LogP contribution in [-0.4, -0.2) is 32.5 Å². The Morgan fingerprint density at radius 2 is 2.37 bits per heavy atom. The highest BCUT2D eigenvalue weighted by Crippen LogP contribution is 2.24. The molecule has 0 saturated carbocycles. The van der Waals surface area contributed by atoms with Crippen molar-refractivity contribution in [3.05, 3.63) is 22.4 Å². The fourth-order valence-corrected chi connectivity index (χ4v) is 5.41. The third kappa shape index (κ3) is 4.89. The second kappa shape index (κ2) is 6.86. The Balaban J connectivity index is 1.82. The molecule has 0 amide bonds. The van der Waals surface area contributed by atoms with Crippen LogP contribution in [0.15, 0.2) is 16.8 Å². The summed E-state index contributed by atoms with van der Waals surface area (Å²) in [4.78, 5) is 0. The SMILES string of the molecule is CCNC(CCc1ccsc1)CC1CCS(=O)(=O)C1. The van der Waals surface area contributed by atoms with Gasteiger partial charge in [0.2, 0.25) is 0 Å². The molecule has 1 N–H and O–H groups in total. The van der Waals surface area contributed by atoms with Crippen molar-refractivity contribution in [3.8, 4) is 0 Å². The molecule has 1 aliphatic heterocycles. The molecule has 2 rings (SSSR count). The number of nitrogens with one attached hydrogen (secondary N) is 1. The lowest BCUT2D eigenvalue weighted by Gasteiger charge is -2.20. The van der Waals surface area contributed by atoms with E-state index in [9.17, 15) is 8.42 Å². The monoisotopic (exact) mass is 301 g/mol. The maximum absolute atomic E-state index is 11.5. The summed E-state index contributed by atoms with van der Waals surface area (Å²) in [6.45, 7) is 3.07. The molecule has 0 aromatic carbocycles. The number of sulfone groups is 1. The van der Waals surface area contributed by atoms with Crippen LogP contribution in [-0.2, 0) is 16.3 Å². The molecule has 1 aromatic heterocycles. The summed E-state index contributed by atoms with van der Waals surface area (Å²) >= 11 is 1.74. The van der Waals surface area contributed by atoms with E-state index in [1.807, 2.05) is 0 Å². The molecule has 5 heteroatoms. The minimum Gasteiger partial charge on any atom is -0.314 e. The molecule has 1 fully saturated rings. The molecular formula is C14H23NO2S2. The molecule has 1 saturated heterocycles. The lowest BCUT2D eigenvalue weighted by molar-refractivity contribution is 0.393. The Bertz CT molecular complexity index is 468. The number of rotatable bonds is 7.